The predicted molar refractivity (Wildman–Crippen MR) is 218 cm³/mol. The molecule has 1 aromatic heterocycles. The molecule has 0 N–H and O–H groups in total. The normalized spacial score (nSPS) is 11.9. The molecule has 1 heteroatoms. The van der Waals surface area contributed by atoms with Crippen molar-refractivity contribution >= 4 is 75.8 Å². The molecule has 51 heavy (non-hydrogen) atoms. The van der Waals surface area contributed by atoms with E-state index in [1.54, 1.807) is 0 Å². The average Bonchev–Trinajstić information content (AvgIpc) is 3.56. The highest BCUT2D eigenvalue weighted by Crippen LogP contribution is 2.49. The van der Waals surface area contributed by atoms with Crippen molar-refractivity contribution in [1.82, 2.24) is 0 Å². The number of hydrogen-bond donors (Lipinski definition) is 0. The number of rotatable bonds is 3. The maximum absolute atomic E-state index is 6.82. The molecule has 0 saturated heterocycles. The summed E-state index contributed by atoms with van der Waals surface area (Å²) in [5.41, 5.74) is 9.07. The Labute approximate surface area is 294 Å². The van der Waals surface area contributed by atoms with E-state index in [1.807, 2.05) is 0 Å². The van der Waals surface area contributed by atoms with Gasteiger partial charge < -0.3 is 4.42 Å². The summed E-state index contributed by atoms with van der Waals surface area (Å²) < 4.78 is 6.82. The number of benzene rings is 10. The van der Waals surface area contributed by atoms with Gasteiger partial charge in [0.05, 0.1) is 0 Å². The molecule has 1 heterocycles. The van der Waals surface area contributed by atoms with Gasteiger partial charge in [0, 0.05) is 21.9 Å². The van der Waals surface area contributed by atoms with Crippen LogP contribution in [0.25, 0.3) is 109 Å². The summed E-state index contributed by atoms with van der Waals surface area (Å²) >= 11 is 0. The first-order valence-electron chi connectivity index (χ1n) is 17.6. The molecule has 11 rings (SSSR count). The van der Waals surface area contributed by atoms with Gasteiger partial charge in [0.15, 0.2) is 0 Å². The van der Waals surface area contributed by atoms with Gasteiger partial charge in [-0.05, 0) is 100 Å². The second kappa shape index (κ2) is 10.9. The van der Waals surface area contributed by atoms with Crippen molar-refractivity contribution in [2.45, 2.75) is 0 Å². The minimum absolute atomic E-state index is 0.914. The Balaban J connectivity index is 1.26. The lowest BCUT2D eigenvalue weighted by atomic mass is 9.82. The van der Waals surface area contributed by atoms with E-state index in [4.69, 9.17) is 4.42 Å². The van der Waals surface area contributed by atoms with Crippen LogP contribution in [0.5, 0.6) is 0 Å². The summed E-state index contributed by atoms with van der Waals surface area (Å²) in [6.07, 6.45) is 0. The molecule has 0 radical (unpaired) electrons. The van der Waals surface area contributed by atoms with E-state index in [0.717, 1.165) is 27.5 Å². The van der Waals surface area contributed by atoms with Crippen molar-refractivity contribution in [1.29, 1.82) is 0 Å². The largest absolute Gasteiger partial charge is 0.455 e. The Kier molecular flexibility index (Phi) is 6.02. The molecule has 1 nitrogen and oxygen atoms in total. The van der Waals surface area contributed by atoms with Crippen molar-refractivity contribution in [3.05, 3.63) is 182 Å². The van der Waals surface area contributed by atoms with E-state index in [2.05, 4.69) is 182 Å². The lowest BCUT2D eigenvalue weighted by molar-refractivity contribution is 0.670. The summed E-state index contributed by atoms with van der Waals surface area (Å²) in [6.45, 7) is 0. The van der Waals surface area contributed by atoms with Gasteiger partial charge in [-0.15, -0.1) is 0 Å². The van der Waals surface area contributed by atoms with Crippen LogP contribution in [0.3, 0.4) is 0 Å². The standard InChI is InChI=1S/C50H30O/c1-2-13-31(14-3-1)43-30-44-35(26-25-32-15-6-7-18-36(32)44)28-46(43)49-39-21-10-8-19-37(39)48(38-20-9-11-22-40(38)49)42-24-12-23-41-45-27-33-16-4-5-17-34(33)29-47(45)51-50(41)42/h1-30H. The van der Waals surface area contributed by atoms with Gasteiger partial charge in [-0.3, -0.25) is 0 Å². The summed E-state index contributed by atoms with van der Waals surface area (Å²) in [4.78, 5) is 0. The number of fused-ring (bicyclic) bond motifs is 9. The lowest BCUT2D eigenvalue weighted by Crippen LogP contribution is -1.93. The van der Waals surface area contributed by atoms with Crippen LogP contribution in [0.2, 0.25) is 0 Å². The van der Waals surface area contributed by atoms with Crippen molar-refractivity contribution in [3.8, 4) is 33.4 Å². The molecule has 0 spiro atoms. The van der Waals surface area contributed by atoms with Crippen molar-refractivity contribution in [3.63, 3.8) is 0 Å². The molecule has 0 bridgehead atoms. The van der Waals surface area contributed by atoms with Crippen molar-refractivity contribution < 1.29 is 4.42 Å². The minimum Gasteiger partial charge on any atom is -0.455 e. The molecular weight excluding hydrogens is 617 g/mol. The molecule has 0 atom stereocenters. The Morgan fingerprint density at radius 3 is 1.53 bits per heavy atom. The summed E-state index contributed by atoms with van der Waals surface area (Å²) in [5.74, 6) is 0. The second-order valence-electron chi connectivity index (χ2n) is 13.6. The van der Waals surface area contributed by atoms with Crippen LogP contribution in [0.4, 0.5) is 0 Å². The molecule has 0 aliphatic heterocycles. The van der Waals surface area contributed by atoms with Gasteiger partial charge in [0.2, 0.25) is 0 Å². The number of furan rings is 1. The fraction of sp³-hybridized carbons (Fsp3) is 0. The van der Waals surface area contributed by atoms with E-state index < -0.39 is 0 Å². The summed E-state index contributed by atoms with van der Waals surface area (Å²) in [5, 5.41) is 14.6. The highest BCUT2D eigenvalue weighted by molar-refractivity contribution is 6.26. The highest BCUT2D eigenvalue weighted by Gasteiger charge is 2.22. The second-order valence-corrected chi connectivity index (χ2v) is 13.6. The van der Waals surface area contributed by atoms with E-state index in [9.17, 15) is 0 Å². The molecule has 0 fully saturated rings. The van der Waals surface area contributed by atoms with Crippen molar-refractivity contribution in [2.75, 3.05) is 0 Å². The molecule has 0 unspecified atom stereocenters. The average molecular weight is 647 g/mol. The van der Waals surface area contributed by atoms with Gasteiger partial charge in [0.25, 0.3) is 0 Å². The van der Waals surface area contributed by atoms with Gasteiger partial charge in [0.1, 0.15) is 11.2 Å². The Hall–Kier alpha value is -6.70. The quantitative estimate of drug-likeness (QED) is 0.138. The summed E-state index contributed by atoms with van der Waals surface area (Å²) in [6, 6.07) is 66.4. The van der Waals surface area contributed by atoms with E-state index >= 15 is 0 Å². The number of hydrogen-bond acceptors (Lipinski definition) is 1. The monoisotopic (exact) mass is 646 g/mol. The third-order valence-electron chi connectivity index (χ3n) is 10.8. The number of para-hydroxylation sites is 1. The SMILES string of the molecule is c1ccc(-c2cc3c(ccc4ccccc43)cc2-c2c3ccccc3c(-c3cccc4c3oc3cc5ccccc5cc34)c3ccccc23)cc1. The Bertz CT molecular complexity index is 3130. The first-order valence-corrected chi connectivity index (χ1v) is 17.6. The Morgan fingerprint density at radius 1 is 0.275 bits per heavy atom. The molecule has 10 aromatic carbocycles. The fourth-order valence-electron chi connectivity index (χ4n) is 8.51. The van der Waals surface area contributed by atoms with Crippen LogP contribution in [-0.2, 0) is 0 Å². The molecule has 0 aliphatic carbocycles. The van der Waals surface area contributed by atoms with Gasteiger partial charge in [-0.1, -0.05) is 158 Å². The molecular formula is C50H30O. The first kappa shape index (κ1) is 28.2. The molecule has 0 aliphatic rings. The molecule has 0 amide bonds. The smallest absolute Gasteiger partial charge is 0.143 e. The van der Waals surface area contributed by atoms with Gasteiger partial charge >= 0.3 is 0 Å². The van der Waals surface area contributed by atoms with E-state index in [0.29, 0.717) is 0 Å². The zero-order chi connectivity index (χ0) is 33.5. The first-order chi connectivity index (χ1) is 25.3. The highest BCUT2D eigenvalue weighted by atomic mass is 16.3. The molecule has 236 valence electrons. The predicted octanol–water partition coefficient (Wildman–Crippen LogP) is 14.4. The van der Waals surface area contributed by atoms with E-state index in [-0.39, 0.29) is 0 Å². The van der Waals surface area contributed by atoms with Gasteiger partial charge in [-0.2, -0.15) is 0 Å². The van der Waals surface area contributed by atoms with Crippen LogP contribution >= 0.6 is 0 Å². The third-order valence-corrected chi connectivity index (χ3v) is 10.8. The molecule has 0 saturated carbocycles. The fourth-order valence-corrected chi connectivity index (χ4v) is 8.51. The lowest BCUT2D eigenvalue weighted by Gasteiger charge is -2.21. The van der Waals surface area contributed by atoms with Crippen LogP contribution in [-0.4, -0.2) is 0 Å². The van der Waals surface area contributed by atoms with Crippen LogP contribution in [0.15, 0.2) is 186 Å². The minimum atomic E-state index is 0.914. The van der Waals surface area contributed by atoms with Crippen LogP contribution in [0, 0.1) is 0 Å². The van der Waals surface area contributed by atoms with Crippen LogP contribution < -0.4 is 0 Å². The zero-order valence-electron chi connectivity index (χ0n) is 27.7. The topological polar surface area (TPSA) is 13.1 Å². The van der Waals surface area contributed by atoms with Gasteiger partial charge in [-0.25, -0.2) is 0 Å². The molecule has 11 aromatic rings. The Morgan fingerprint density at radius 2 is 0.824 bits per heavy atom. The van der Waals surface area contributed by atoms with Crippen molar-refractivity contribution in [2.24, 2.45) is 0 Å². The summed E-state index contributed by atoms with van der Waals surface area (Å²) in [7, 11) is 0. The van der Waals surface area contributed by atoms with E-state index in [1.165, 1.54) is 81.7 Å². The van der Waals surface area contributed by atoms with Crippen LogP contribution in [0.1, 0.15) is 0 Å². The maximum atomic E-state index is 6.82. The zero-order valence-corrected chi connectivity index (χ0v) is 27.7. The third kappa shape index (κ3) is 4.22. The maximum Gasteiger partial charge on any atom is 0.143 e.